The molecule has 0 atom stereocenters. The molecule has 8 heteroatoms. The highest BCUT2D eigenvalue weighted by Crippen LogP contribution is 2.20. The highest BCUT2D eigenvalue weighted by molar-refractivity contribution is 6.21. The van der Waals surface area contributed by atoms with Crippen molar-refractivity contribution in [3.8, 4) is 0 Å². The van der Waals surface area contributed by atoms with Gasteiger partial charge in [-0.05, 0) is 43.3 Å². The first-order chi connectivity index (χ1) is 13.4. The van der Waals surface area contributed by atoms with Crippen LogP contribution in [0.2, 0.25) is 0 Å². The van der Waals surface area contributed by atoms with Gasteiger partial charge in [-0.3, -0.25) is 4.79 Å². The molecule has 0 aromatic heterocycles. The molecule has 0 saturated heterocycles. The zero-order valence-electron chi connectivity index (χ0n) is 16.0. The van der Waals surface area contributed by atoms with E-state index in [2.05, 4.69) is 10.3 Å². The number of nitrogens with one attached hydrogen (secondary N) is 1. The van der Waals surface area contributed by atoms with Gasteiger partial charge in [-0.25, -0.2) is 4.99 Å². The van der Waals surface area contributed by atoms with E-state index in [1.807, 2.05) is 12.1 Å². The molecule has 1 aliphatic carbocycles. The number of aliphatic hydroxyl groups is 3. The van der Waals surface area contributed by atoms with Gasteiger partial charge in [0.05, 0.1) is 25.4 Å². The number of quaternary nitrogens is 1. The first kappa shape index (κ1) is 21.8. The van der Waals surface area contributed by atoms with E-state index >= 15 is 0 Å². The number of allylic oxidation sites excluding steroid dienone is 3. The predicted octanol–water partition coefficient (Wildman–Crippen LogP) is 1.83. The highest BCUT2D eigenvalue weighted by Gasteiger charge is 2.17. The SMILES string of the molecule is CC1=C(O)C(=Nc2ccc(NCCC[N+]([O-])(CCO)CCO)cc2)C=CC1=O. The Hall–Kier alpha value is -2.52. The Bertz CT molecular complexity index is 763. The molecule has 0 fully saturated rings. The van der Waals surface area contributed by atoms with Gasteiger partial charge in [0.1, 0.15) is 24.6 Å². The van der Waals surface area contributed by atoms with Gasteiger partial charge in [-0.1, -0.05) is 0 Å². The zero-order chi connectivity index (χ0) is 20.6. The number of benzene rings is 1. The Morgan fingerprint density at radius 1 is 1.07 bits per heavy atom. The van der Waals surface area contributed by atoms with Crippen LogP contribution in [0.15, 0.2) is 52.7 Å². The predicted molar refractivity (Wildman–Crippen MR) is 109 cm³/mol. The summed E-state index contributed by atoms with van der Waals surface area (Å²) < 4.78 is -0.600. The van der Waals surface area contributed by atoms with Gasteiger partial charge < -0.3 is 30.5 Å². The lowest BCUT2D eigenvalue weighted by molar-refractivity contribution is -0.881. The Labute approximate surface area is 164 Å². The molecule has 0 saturated carbocycles. The van der Waals surface area contributed by atoms with Crippen LogP contribution >= 0.6 is 0 Å². The molecule has 0 unspecified atom stereocenters. The Morgan fingerprint density at radius 3 is 2.32 bits per heavy atom. The van der Waals surface area contributed by atoms with E-state index in [0.717, 1.165) is 5.69 Å². The van der Waals surface area contributed by atoms with Crippen LogP contribution in [-0.4, -0.2) is 70.9 Å². The van der Waals surface area contributed by atoms with Crippen LogP contribution in [0.4, 0.5) is 11.4 Å². The molecular formula is C20H27N3O5. The monoisotopic (exact) mass is 389 g/mol. The molecule has 0 amide bonds. The van der Waals surface area contributed by atoms with Crippen LogP contribution in [0.1, 0.15) is 13.3 Å². The Balaban J connectivity index is 1.89. The lowest BCUT2D eigenvalue weighted by Crippen LogP contribution is -2.47. The van der Waals surface area contributed by atoms with E-state index in [4.69, 9.17) is 10.2 Å². The number of aliphatic imine (C=N–C) groups is 1. The molecule has 1 aromatic rings. The van der Waals surface area contributed by atoms with Crippen molar-refractivity contribution in [2.75, 3.05) is 44.7 Å². The first-order valence-corrected chi connectivity index (χ1v) is 9.22. The number of hydrogen-bond acceptors (Lipinski definition) is 7. The van der Waals surface area contributed by atoms with Crippen molar-refractivity contribution in [2.24, 2.45) is 4.99 Å². The molecule has 0 spiro atoms. The maximum Gasteiger partial charge on any atom is 0.185 e. The Morgan fingerprint density at radius 2 is 1.71 bits per heavy atom. The number of carbonyl (C=O) groups is 1. The van der Waals surface area contributed by atoms with Gasteiger partial charge in [-0.2, -0.15) is 0 Å². The summed E-state index contributed by atoms with van der Waals surface area (Å²) in [5.74, 6) is -0.339. The van der Waals surface area contributed by atoms with Crippen molar-refractivity contribution in [2.45, 2.75) is 13.3 Å². The number of rotatable bonds is 10. The lowest BCUT2D eigenvalue weighted by Gasteiger charge is -2.42. The van der Waals surface area contributed by atoms with Crippen LogP contribution in [0.3, 0.4) is 0 Å². The maximum atomic E-state index is 12.3. The number of ketones is 1. The van der Waals surface area contributed by atoms with Gasteiger partial charge in [0.15, 0.2) is 5.78 Å². The van der Waals surface area contributed by atoms with E-state index in [1.54, 1.807) is 19.1 Å². The van der Waals surface area contributed by atoms with Gasteiger partial charge in [0.25, 0.3) is 0 Å². The molecule has 0 aliphatic heterocycles. The Kier molecular flexibility index (Phi) is 7.89. The number of hydroxylamine groups is 3. The number of hydrogen-bond donors (Lipinski definition) is 4. The molecule has 0 heterocycles. The molecule has 4 N–H and O–H groups in total. The molecule has 1 aliphatic rings. The van der Waals surface area contributed by atoms with Crippen molar-refractivity contribution in [1.82, 2.24) is 0 Å². The third kappa shape index (κ3) is 6.00. The molecule has 2 rings (SSSR count). The summed E-state index contributed by atoms with van der Waals surface area (Å²) in [4.78, 5) is 15.8. The summed E-state index contributed by atoms with van der Waals surface area (Å²) in [6.07, 6.45) is 3.47. The second kappa shape index (κ2) is 10.1. The summed E-state index contributed by atoms with van der Waals surface area (Å²) >= 11 is 0. The van der Waals surface area contributed by atoms with Crippen LogP contribution in [0, 0.1) is 5.21 Å². The first-order valence-electron chi connectivity index (χ1n) is 9.22. The molecule has 0 bridgehead atoms. The number of carbonyl (C=O) groups excluding carboxylic acids is 1. The summed E-state index contributed by atoms with van der Waals surface area (Å²) in [5.41, 5.74) is 2.12. The number of anilines is 1. The summed E-state index contributed by atoms with van der Waals surface area (Å²) in [6.45, 7) is 2.21. The largest absolute Gasteiger partial charge is 0.633 e. The van der Waals surface area contributed by atoms with Gasteiger partial charge in [0.2, 0.25) is 0 Å². The van der Waals surface area contributed by atoms with Crippen molar-refractivity contribution >= 4 is 22.9 Å². The van der Waals surface area contributed by atoms with E-state index in [1.165, 1.54) is 12.2 Å². The maximum absolute atomic E-state index is 12.3. The molecule has 28 heavy (non-hydrogen) atoms. The molecule has 152 valence electrons. The fourth-order valence-electron chi connectivity index (χ4n) is 2.85. The third-order valence-electron chi connectivity index (χ3n) is 4.56. The van der Waals surface area contributed by atoms with Gasteiger partial charge in [-0.15, -0.1) is 0 Å². The normalized spacial score (nSPS) is 16.1. The van der Waals surface area contributed by atoms with E-state index in [9.17, 15) is 15.1 Å². The minimum absolute atomic E-state index is 0.0798. The van der Waals surface area contributed by atoms with Crippen LogP contribution in [-0.2, 0) is 4.79 Å². The minimum Gasteiger partial charge on any atom is -0.633 e. The fraction of sp³-hybridized carbons (Fsp3) is 0.400. The van der Waals surface area contributed by atoms with Crippen LogP contribution < -0.4 is 5.32 Å². The minimum atomic E-state index is -0.600. The zero-order valence-corrected chi connectivity index (χ0v) is 16.0. The van der Waals surface area contributed by atoms with Crippen LogP contribution in [0.25, 0.3) is 0 Å². The second-order valence-corrected chi connectivity index (χ2v) is 6.67. The van der Waals surface area contributed by atoms with Crippen molar-refractivity contribution in [3.05, 3.63) is 53.0 Å². The van der Waals surface area contributed by atoms with E-state index in [0.29, 0.717) is 30.9 Å². The van der Waals surface area contributed by atoms with E-state index < -0.39 is 4.65 Å². The molecule has 8 nitrogen and oxygen atoms in total. The van der Waals surface area contributed by atoms with Crippen LogP contribution in [0.5, 0.6) is 0 Å². The summed E-state index contributed by atoms with van der Waals surface area (Å²) in [6, 6.07) is 7.25. The summed E-state index contributed by atoms with van der Waals surface area (Å²) in [5, 5.41) is 43.5. The highest BCUT2D eigenvalue weighted by atomic mass is 16.5. The summed E-state index contributed by atoms with van der Waals surface area (Å²) in [7, 11) is 0. The van der Waals surface area contributed by atoms with Gasteiger partial charge >= 0.3 is 0 Å². The number of nitrogens with zero attached hydrogens (tertiary/aromatic N) is 2. The molecular weight excluding hydrogens is 362 g/mol. The van der Waals surface area contributed by atoms with Gasteiger partial charge in [0, 0.05) is 24.2 Å². The molecule has 0 radical (unpaired) electrons. The smallest absolute Gasteiger partial charge is 0.185 e. The topological polar surface area (TPSA) is 125 Å². The third-order valence-corrected chi connectivity index (χ3v) is 4.56. The second-order valence-electron chi connectivity index (χ2n) is 6.67. The van der Waals surface area contributed by atoms with E-state index in [-0.39, 0.29) is 43.4 Å². The van der Waals surface area contributed by atoms with Crippen molar-refractivity contribution < 1.29 is 24.8 Å². The average Bonchev–Trinajstić information content (AvgIpc) is 2.67. The lowest BCUT2D eigenvalue weighted by atomic mass is 10.0. The van der Waals surface area contributed by atoms with Crippen molar-refractivity contribution in [3.63, 3.8) is 0 Å². The van der Waals surface area contributed by atoms with Crippen molar-refractivity contribution in [1.29, 1.82) is 0 Å². The molecule has 1 aromatic carbocycles. The average molecular weight is 389 g/mol. The quantitative estimate of drug-likeness (QED) is 0.209. The fourth-order valence-corrected chi connectivity index (χ4v) is 2.85. The number of aliphatic hydroxyl groups excluding tert-OH is 3. The standard InChI is InChI=1S/C20H27N3O5/c1-15-19(26)8-7-18(20(15)27)22-17-5-3-16(4-6-17)21-9-2-10-23(28,11-13-24)12-14-25/h3-8,21,24-25,27H,2,9-14H2,1H3.